The molecule has 0 aliphatic heterocycles. The molecule has 0 aromatic carbocycles. The lowest BCUT2D eigenvalue weighted by Crippen LogP contribution is -2.69. The number of rotatable bonds is 2. The van der Waals surface area contributed by atoms with Gasteiger partial charge in [-0.3, -0.25) is 4.79 Å². The monoisotopic (exact) mass is 470 g/mol. The predicted octanol–water partition coefficient (Wildman–Crippen LogP) is 6.27. The molecule has 0 radical (unpaired) electrons. The minimum Gasteiger partial charge on any atom is -0.481 e. The molecule has 34 heavy (non-hydrogen) atoms. The van der Waals surface area contributed by atoms with Crippen LogP contribution < -0.4 is 0 Å². The Balaban J connectivity index is 1.61. The number of hydrogen-bond donors (Lipinski definition) is 2. The fraction of sp³-hybridized carbons (Fsp3) is 0.867. The van der Waals surface area contributed by atoms with E-state index in [1.807, 2.05) is 0 Å². The molecule has 4 fully saturated rings. The predicted molar refractivity (Wildman–Crippen MR) is 133 cm³/mol. The van der Waals surface area contributed by atoms with Crippen LogP contribution in [-0.2, 0) is 9.59 Å². The fourth-order valence-electron chi connectivity index (χ4n) is 11.2. The molecular formula is C30H46O4. The third kappa shape index (κ3) is 2.70. The van der Waals surface area contributed by atoms with E-state index in [0.29, 0.717) is 31.1 Å². The SMILES string of the molecule is CC1=CC[C@]2(C(=O)O)CC[C@]3(C=O)[C@H](CC[C@@H]4[C@@]5(C)CC[C@H](O)C(C)(C)[C@@H]5CC[C@]43C)[C@H]2[C@@H]1C. The van der Waals surface area contributed by atoms with E-state index in [-0.39, 0.29) is 40.1 Å². The summed E-state index contributed by atoms with van der Waals surface area (Å²) in [6.45, 7) is 13.7. The highest BCUT2D eigenvalue weighted by Gasteiger charge is 2.72. The lowest BCUT2D eigenvalue weighted by Gasteiger charge is -2.72. The van der Waals surface area contributed by atoms with Crippen LogP contribution in [0.15, 0.2) is 11.6 Å². The Morgan fingerprint density at radius 1 is 1.00 bits per heavy atom. The second-order valence-electron chi connectivity index (χ2n) is 14.2. The molecule has 2 N–H and O–H groups in total. The van der Waals surface area contributed by atoms with E-state index in [1.54, 1.807) is 0 Å². The van der Waals surface area contributed by atoms with Gasteiger partial charge in [-0.1, -0.05) is 46.3 Å². The number of aldehydes is 1. The van der Waals surface area contributed by atoms with Gasteiger partial charge in [0.2, 0.25) is 0 Å². The lowest BCUT2D eigenvalue weighted by atomic mass is 9.31. The summed E-state index contributed by atoms with van der Waals surface area (Å²) in [7, 11) is 0. The van der Waals surface area contributed by atoms with E-state index in [4.69, 9.17) is 0 Å². The zero-order chi connectivity index (χ0) is 24.9. The molecule has 4 saturated carbocycles. The number of carboxylic acid groups (broad SMARTS) is 1. The standard InChI is InChI=1S/C30H46O4/c1-18-9-14-29(25(33)34)15-16-30(17-31)20(24(29)19(18)2)7-8-22-27(5)12-11-23(32)26(3,4)21(27)10-13-28(22,30)6/h9,17,19-24,32H,7-8,10-16H2,1-6H3,(H,33,34)/t19-,20-,21+,22-,23+,24-,27+,28-,29+,30+/m1/s1. The molecule has 5 aliphatic carbocycles. The van der Waals surface area contributed by atoms with Gasteiger partial charge in [0.1, 0.15) is 6.29 Å². The van der Waals surface area contributed by atoms with E-state index in [0.717, 1.165) is 38.5 Å². The molecule has 0 bridgehead atoms. The summed E-state index contributed by atoms with van der Waals surface area (Å²) in [6.07, 6.45) is 11.2. The third-order valence-corrected chi connectivity index (χ3v) is 13.3. The number of allylic oxidation sites excluding steroid dienone is 2. The minimum atomic E-state index is -0.725. The summed E-state index contributed by atoms with van der Waals surface area (Å²) in [5.74, 6) is 0.616. The first-order valence-electron chi connectivity index (χ1n) is 13.9. The van der Waals surface area contributed by atoms with Crippen LogP contribution in [-0.4, -0.2) is 28.6 Å². The molecular weight excluding hydrogens is 424 g/mol. The largest absolute Gasteiger partial charge is 0.481 e. The summed E-state index contributed by atoms with van der Waals surface area (Å²) in [5, 5.41) is 21.4. The van der Waals surface area contributed by atoms with Gasteiger partial charge < -0.3 is 15.0 Å². The molecule has 4 heteroatoms. The molecule has 0 aromatic heterocycles. The van der Waals surface area contributed by atoms with E-state index in [9.17, 15) is 19.8 Å². The van der Waals surface area contributed by atoms with Crippen LogP contribution in [0.4, 0.5) is 0 Å². The Hall–Kier alpha value is -1.16. The third-order valence-electron chi connectivity index (χ3n) is 13.3. The van der Waals surface area contributed by atoms with Crippen molar-refractivity contribution in [3.05, 3.63) is 11.6 Å². The molecule has 4 nitrogen and oxygen atoms in total. The van der Waals surface area contributed by atoms with Gasteiger partial charge in [0.25, 0.3) is 0 Å². The minimum absolute atomic E-state index is 0.0295. The summed E-state index contributed by atoms with van der Waals surface area (Å²) < 4.78 is 0. The first kappa shape index (κ1) is 24.5. The summed E-state index contributed by atoms with van der Waals surface area (Å²) >= 11 is 0. The van der Waals surface area contributed by atoms with Gasteiger partial charge in [-0.05, 0) is 111 Å². The highest BCUT2D eigenvalue weighted by molar-refractivity contribution is 5.77. The lowest BCUT2D eigenvalue weighted by molar-refractivity contribution is -0.246. The average molecular weight is 471 g/mol. The Labute approximate surface area is 206 Å². The van der Waals surface area contributed by atoms with Gasteiger partial charge in [-0.25, -0.2) is 0 Å². The molecule has 0 aromatic rings. The maximum Gasteiger partial charge on any atom is 0.310 e. The van der Waals surface area contributed by atoms with Crippen molar-refractivity contribution in [1.29, 1.82) is 0 Å². The van der Waals surface area contributed by atoms with Gasteiger partial charge >= 0.3 is 5.97 Å². The number of carbonyl (C=O) groups excluding carboxylic acids is 1. The molecule has 5 aliphatic rings. The first-order valence-corrected chi connectivity index (χ1v) is 13.9. The van der Waals surface area contributed by atoms with Crippen molar-refractivity contribution >= 4 is 12.3 Å². The van der Waals surface area contributed by atoms with Crippen LogP contribution >= 0.6 is 0 Å². The van der Waals surface area contributed by atoms with Crippen LogP contribution in [0.5, 0.6) is 0 Å². The fourth-order valence-corrected chi connectivity index (χ4v) is 11.2. The number of aliphatic hydroxyl groups is 1. The second kappa shape index (κ2) is 7.43. The molecule has 0 saturated heterocycles. The van der Waals surface area contributed by atoms with Gasteiger partial charge in [0.15, 0.2) is 0 Å². The molecule has 10 atom stereocenters. The molecule has 0 heterocycles. The summed E-state index contributed by atoms with van der Waals surface area (Å²) in [4.78, 5) is 26.1. The number of aliphatic carboxylic acids is 1. The van der Waals surface area contributed by atoms with Crippen LogP contribution in [0, 0.1) is 56.7 Å². The van der Waals surface area contributed by atoms with Crippen molar-refractivity contribution in [3.63, 3.8) is 0 Å². The average Bonchev–Trinajstić information content (AvgIpc) is 2.78. The Morgan fingerprint density at radius 2 is 1.71 bits per heavy atom. The number of aliphatic hydroxyl groups excluding tert-OH is 1. The molecule has 190 valence electrons. The number of fused-ring (bicyclic) bond motifs is 7. The van der Waals surface area contributed by atoms with Crippen molar-refractivity contribution < 1.29 is 19.8 Å². The highest BCUT2D eigenvalue weighted by Crippen LogP contribution is 2.76. The Morgan fingerprint density at radius 3 is 2.35 bits per heavy atom. The van der Waals surface area contributed by atoms with Crippen LogP contribution in [0.3, 0.4) is 0 Å². The van der Waals surface area contributed by atoms with Crippen LogP contribution in [0.25, 0.3) is 0 Å². The number of hydrogen-bond acceptors (Lipinski definition) is 3. The Bertz CT molecular complexity index is 921. The van der Waals surface area contributed by atoms with Gasteiger partial charge in [0, 0.05) is 5.41 Å². The zero-order valence-corrected chi connectivity index (χ0v) is 22.2. The topological polar surface area (TPSA) is 74.6 Å². The van der Waals surface area contributed by atoms with Gasteiger partial charge in [0.05, 0.1) is 11.5 Å². The number of carboxylic acids is 1. The normalized spacial score (nSPS) is 53.9. The summed E-state index contributed by atoms with van der Waals surface area (Å²) in [6, 6.07) is 0. The zero-order valence-electron chi connectivity index (χ0n) is 22.2. The van der Waals surface area contributed by atoms with Gasteiger partial charge in [-0.15, -0.1) is 0 Å². The van der Waals surface area contributed by atoms with E-state index < -0.39 is 16.8 Å². The molecule has 0 unspecified atom stereocenters. The van der Waals surface area contributed by atoms with Crippen LogP contribution in [0.1, 0.15) is 99.3 Å². The Kier molecular flexibility index (Phi) is 5.36. The van der Waals surface area contributed by atoms with Gasteiger partial charge in [-0.2, -0.15) is 0 Å². The van der Waals surface area contributed by atoms with Crippen molar-refractivity contribution in [2.75, 3.05) is 0 Å². The van der Waals surface area contributed by atoms with Crippen molar-refractivity contribution in [2.24, 2.45) is 56.7 Å². The van der Waals surface area contributed by atoms with E-state index in [1.165, 1.54) is 11.9 Å². The van der Waals surface area contributed by atoms with E-state index >= 15 is 0 Å². The highest BCUT2D eigenvalue weighted by atomic mass is 16.4. The number of carbonyl (C=O) groups is 2. The van der Waals surface area contributed by atoms with Crippen molar-refractivity contribution in [2.45, 2.75) is 105 Å². The maximum absolute atomic E-state index is 13.4. The van der Waals surface area contributed by atoms with Crippen molar-refractivity contribution in [1.82, 2.24) is 0 Å². The molecule has 5 rings (SSSR count). The smallest absolute Gasteiger partial charge is 0.310 e. The molecule has 0 amide bonds. The first-order chi connectivity index (χ1) is 15.8. The quantitative estimate of drug-likeness (QED) is 0.368. The molecule has 0 spiro atoms. The second-order valence-corrected chi connectivity index (χ2v) is 14.2. The van der Waals surface area contributed by atoms with E-state index in [2.05, 4.69) is 47.6 Å². The maximum atomic E-state index is 13.4. The van der Waals surface area contributed by atoms with Crippen LogP contribution in [0.2, 0.25) is 0 Å². The summed E-state index contributed by atoms with van der Waals surface area (Å²) in [5.41, 5.74) is 0.0307. The van der Waals surface area contributed by atoms with Crippen molar-refractivity contribution in [3.8, 4) is 0 Å².